The Balaban J connectivity index is 0.000000159. The zero-order valence-electron chi connectivity index (χ0n) is 41.4. The molecule has 8 heterocycles. The van der Waals surface area contributed by atoms with Crippen LogP contribution in [-0.4, -0.2) is 96.5 Å². The van der Waals surface area contributed by atoms with Crippen LogP contribution in [0.5, 0.6) is 0 Å². The molecule has 18 nitrogen and oxygen atoms in total. The molecule has 2 aromatic carbocycles. The van der Waals surface area contributed by atoms with Gasteiger partial charge in [0.1, 0.15) is 24.7 Å². The number of nitrogen functional groups attached to an aromatic ring is 2. The highest BCUT2D eigenvalue weighted by atomic mass is 19.1. The number of hydrogen-bond donors (Lipinski definition) is 6. The summed E-state index contributed by atoms with van der Waals surface area (Å²) in [5.41, 5.74) is 19.6. The molecule has 8 aromatic rings. The maximum atomic E-state index is 15.4. The molecule has 380 valence electrons. The summed E-state index contributed by atoms with van der Waals surface area (Å²) in [5, 5.41) is 38.5. The van der Waals surface area contributed by atoms with Gasteiger partial charge in [-0.25, -0.2) is 18.7 Å². The largest absolute Gasteiger partial charge is 0.396 e. The number of rotatable bonds is 8. The lowest BCUT2D eigenvalue weighted by Gasteiger charge is -2.24. The topological polar surface area (TPSA) is 244 Å². The second-order valence-corrected chi connectivity index (χ2v) is 20.0. The van der Waals surface area contributed by atoms with Gasteiger partial charge < -0.3 is 42.1 Å². The number of aliphatic hydroxyl groups is 2. The zero-order valence-corrected chi connectivity index (χ0v) is 41.4. The molecule has 0 spiro atoms. The molecule has 0 unspecified atom stereocenters. The lowest BCUT2D eigenvalue weighted by molar-refractivity contribution is -0.134. The maximum Gasteiger partial charge on any atom is 0.244 e. The molecule has 0 radical (unpaired) electrons. The second kappa shape index (κ2) is 19.1. The summed E-state index contributed by atoms with van der Waals surface area (Å²) in [5.74, 6) is 1.27. The summed E-state index contributed by atoms with van der Waals surface area (Å²) in [6.07, 6.45) is 12.4. The normalized spacial score (nSPS) is 17.3. The quantitative estimate of drug-likeness (QED) is 0.0810. The Morgan fingerprint density at radius 2 is 0.986 bits per heavy atom. The number of aromatic nitrogens is 8. The Hall–Kier alpha value is -8.10. The smallest absolute Gasteiger partial charge is 0.244 e. The van der Waals surface area contributed by atoms with Crippen LogP contribution in [0.3, 0.4) is 0 Å². The number of carbonyl (C=O) groups excluding carboxylic acids is 2. The predicted molar refractivity (Wildman–Crippen MR) is 277 cm³/mol. The number of halogens is 2. The average molecular weight is 1000 g/mol. The molecule has 74 heavy (non-hydrogen) atoms. The van der Waals surface area contributed by atoms with Gasteiger partial charge in [-0.3, -0.25) is 28.9 Å². The third-order valence-corrected chi connectivity index (χ3v) is 14.7. The van der Waals surface area contributed by atoms with Crippen LogP contribution < -0.4 is 22.1 Å². The van der Waals surface area contributed by atoms with Gasteiger partial charge >= 0.3 is 0 Å². The van der Waals surface area contributed by atoms with E-state index in [4.69, 9.17) is 11.5 Å². The van der Waals surface area contributed by atoms with Crippen LogP contribution in [0.15, 0.2) is 73.6 Å². The highest BCUT2D eigenvalue weighted by Crippen LogP contribution is 2.43. The molecule has 0 saturated carbocycles. The summed E-state index contributed by atoms with van der Waals surface area (Å²) in [4.78, 5) is 46.3. The van der Waals surface area contributed by atoms with E-state index in [1.165, 1.54) is 0 Å². The van der Waals surface area contributed by atoms with Crippen LogP contribution in [-0.2, 0) is 48.4 Å². The van der Waals surface area contributed by atoms with Gasteiger partial charge in [0.25, 0.3) is 0 Å². The fourth-order valence-electron chi connectivity index (χ4n) is 10.8. The molecule has 8 N–H and O–H groups in total. The van der Waals surface area contributed by atoms with Crippen molar-refractivity contribution in [1.29, 1.82) is 0 Å². The van der Waals surface area contributed by atoms with Crippen molar-refractivity contribution in [2.24, 2.45) is 0 Å². The molecule has 4 aliphatic rings. The van der Waals surface area contributed by atoms with Gasteiger partial charge in [-0.05, 0) is 99.5 Å². The first-order chi connectivity index (χ1) is 35.6. The summed E-state index contributed by atoms with van der Waals surface area (Å²) >= 11 is 0. The minimum absolute atomic E-state index is 0.0182. The molecule has 2 aliphatic carbocycles. The summed E-state index contributed by atoms with van der Waals surface area (Å²) in [6.45, 7) is 9.75. The first kappa shape index (κ1) is 48.2. The number of pyridine rings is 4. The second-order valence-electron chi connectivity index (χ2n) is 20.0. The van der Waals surface area contributed by atoms with Crippen LogP contribution in [0.25, 0.3) is 43.8 Å². The van der Waals surface area contributed by atoms with E-state index in [1.54, 1.807) is 70.8 Å². The van der Waals surface area contributed by atoms with Gasteiger partial charge in [0.15, 0.2) is 23.3 Å². The number of nitrogens with two attached hydrogens (primary N) is 2. The van der Waals surface area contributed by atoms with Crippen LogP contribution in [0, 0.1) is 11.6 Å². The first-order valence-electron chi connectivity index (χ1n) is 24.9. The number of benzene rings is 2. The Bertz CT molecular complexity index is 3330. The van der Waals surface area contributed by atoms with Crippen molar-refractivity contribution in [3.63, 3.8) is 0 Å². The zero-order chi connectivity index (χ0) is 51.7. The van der Waals surface area contributed by atoms with Gasteiger partial charge in [0.05, 0.1) is 23.6 Å². The number of anilines is 6. The Labute approximate surface area is 424 Å². The molecular weight excluding hydrogens is 947 g/mol. The number of fused-ring (bicyclic) bond motifs is 6. The molecular formula is C54H56F2N14O4. The van der Waals surface area contributed by atoms with Crippen molar-refractivity contribution < 1.29 is 28.6 Å². The number of nitrogens with one attached hydrogen (secondary N) is 2. The van der Waals surface area contributed by atoms with Gasteiger partial charge in [-0.15, -0.1) is 0 Å². The van der Waals surface area contributed by atoms with Crippen molar-refractivity contribution in [2.45, 2.75) is 104 Å². The summed E-state index contributed by atoms with van der Waals surface area (Å²) in [6, 6.07) is 11.3. The van der Waals surface area contributed by atoms with Gasteiger partial charge in [0, 0.05) is 143 Å². The van der Waals surface area contributed by atoms with E-state index >= 15 is 8.78 Å². The Kier molecular flexibility index (Phi) is 12.4. The SMILES string of the molecule is CC(C)N1CCc2cc(Nc3cc4cc(-c5cncc6c5CC[C@@H]6O)c(F)c(N)c4cn3)nn2CC1=O.CC(C)N1CCc2cc(Nc3cc4cc(-c5cncc6c5CC[C@H]6O)c(F)c(N)c4cn3)nn2CC1=O. The molecule has 2 aliphatic heterocycles. The van der Waals surface area contributed by atoms with Crippen LogP contribution in [0.1, 0.15) is 86.4 Å². The molecule has 6 aromatic heterocycles. The van der Waals surface area contributed by atoms with E-state index in [2.05, 4.69) is 40.8 Å². The van der Waals surface area contributed by atoms with Crippen LogP contribution in [0.2, 0.25) is 0 Å². The van der Waals surface area contributed by atoms with Crippen molar-refractivity contribution in [3.05, 3.63) is 119 Å². The minimum atomic E-state index is -0.586. The van der Waals surface area contributed by atoms with Gasteiger partial charge in [-0.1, -0.05) is 0 Å². The fraction of sp³-hybridized carbons (Fsp3) is 0.333. The fourth-order valence-corrected chi connectivity index (χ4v) is 10.8. The van der Waals surface area contributed by atoms with E-state index < -0.39 is 23.8 Å². The molecule has 2 amide bonds. The van der Waals surface area contributed by atoms with Crippen molar-refractivity contribution in [3.8, 4) is 22.3 Å². The molecule has 0 fully saturated rings. The average Bonchev–Trinajstić information content (AvgIpc) is 4.12. The molecule has 2 atom stereocenters. The number of nitrogens with zero attached hydrogens (tertiary/aromatic N) is 10. The summed E-state index contributed by atoms with van der Waals surface area (Å²) in [7, 11) is 0. The first-order valence-corrected chi connectivity index (χ1v) is 24.9. The number of amides is 2. The molecule has 20 heteroatoms. The third-order valence-electron chi connectivity index (χ3n) is 14.7. The Morgan fingerprint density at radius 1 is 0.568 bits per heavy atom. The molecule has 0 bridgehead atoms. The van der Waals surface area contributed by atoms with E-state index in [0.717, 1.165) is 33.6 Å². The van der Waals surface area contributed by atoms with E-state index in [0.29, 0.717) is 119 Å². The minimum Gasteiger partial charge on any atom is -0.396 e. The maximum absolute atomic E-state index is 15.4. The molecule has 0 saturated heterocycles. The number of carbonyl (C=O) groups is 2. The van der Waals surface area contributed by atoms with E-state index in [9.17, 15) is 19.8 Å². The number of aliphatic hydroxyl groups excluding tert-OH is 2. The predicted octanol–water partition coefficient (Wildman–Crippen LogP) is 7.46. The molecule has 12 rings (SSSR count). The van der Waals surface area contributed by atoms with Crippen molar-refractivity contribution in [1.82, 2.24) is 49.3 Å². The number of hydrogen-bond acceptors (Lipinski definition) is 14. The Morgan fingerprint density at radius 3 is 1.39 bits per heavy atom. The highest BCUT2D eigenvalue weighted by molar-refractivity contribution is 5.99. The van der Waals surface area contributed by atoms with E-state index in [1.807, 2.05) is 49.6 Å². The van der Waals surface area contributed by atoms with Gasteiger partial charge in [0.2, 0.25) is 11.8 Å². The van der Waals surface area contributed by atoms with Crippen LogP contribution >= 0.6 is 0 Å². The lowest BCUT2D eigenvalue weighted by atomic mass is 9.96. The highest BCUT2D eigenvalue weighted by Gasteiger charge is 2.29. The summed E-state index contributed by atoms with van der Waals surface area (Å²) < 4.78 is 34.3. The monoisotopic (exact) mass is 1000 g/mol. The standard InChI is InChI=1S/2C27H28FN7O2/c2*1-14(2)34-6-5-16-9-24(33-35(16)13-25(34)37)32-23-8-15-7-18(26(28)27(29)19(15)12-31-23)20-10-30-11-21-17(20)3-4-22(21)36/h2*7-12,14,22,36H,3-6,13,29H2,1-2H3,(H,31,32,33)/t2*22-/m10/s1. The van der Waals surface area contributed by atoms with Crippen molar-refractivity contribution in [2.75, 3.05) is 35.2 Å². The van der Waals surface area contributed by atoms with E-state index in [-0.39, 0.29) is 48.4 Å². The lowest BCUT2D eigenvalue weighted by Crippen LogP contribution is -2.38. The van der Waals surface area contributed by atoms with Crippen molar-refractivity contribution >= 4 is 68.0 Å². The third kappa shape index (κ3) is 8.76. The van der Waals surface area contributed by atoms with Crippen LogP contribution in [0.4, 0.5) is 43.4 Å². The van der Waals surface area contributed by atoms with Gasteiger partial charge in [-0.2, -0.15) is 10.2 Å².